The summed E-state index contributed by atoms with van der Waals surface area (Å²) in [5, 5.41) is 9.19. The Morgan fingerprint density at radius 2 is 1.94 bits per heavy atom. The largest absolute Gasteiger partial charge is 0.494 e. The van der Waals surface area contributed by atoms with Crippen LogP contribution in [0, 0.1) is 17.7 Å². The van der Waals surface area contributed by atoms with Crippen LogP contribution in [0.1, 0.15) is 31.2 Å². The van der Waals surface area contributed by atoms with Crippen LogP contribution in [-0.2, 0) is 16.0 Å². The Balaban J connectivity index is 1.37. The van der Waals surface area contributed by atoms with Crippen molar-refractivity contribution in [2.45, 2.75) is 50.4 Å². The molecule has 1 aliphatic heterocycles. The molecule has 0 aromatic heterocycles. The Morgan fingerprint density at radius 1 is 1.12 bits per heavy atom. The number of aliphatic carboxylic acids is 1. The van der Waals surface area contributed by atoms with Crippen molar-refractivity contribution in [3.8, 4) is 28.4 Å². The van der Waals surface area contributed by atoms with Crippen LogP contribution >= 0.6 is 0 Å². The quantitative estimate of drug-likeness (QED) is 0.682. The molecule has 5 rings (SSSR count). The number of ether oxygens (including phenoxy) is 4. The Bertz CT molecular complexity index is 1030. The van der Waals surface area contributed by atoms with Gasteiger partial charge in [-0.3, -0.25) is 4.79 Å². The van der Waals surface area contributed by atoms with Crippen molar-refractivity contribution in [3.05, 3.63) is 41.7 Å². The smallest absolute Gasteiger partial charge is 0.306 e. The minimum Gasteiger partial charge on any atom is -0.494 e. The molecule has 7 heteroatoms. The van der Waals surface area contributed by atoms with E-state index in [0.29, 0.717) is 17.7 Å². The minimum absolute atomic E-state index is 0.0499. The summed E-state index contributed by atoms with van der Waals surface area (Å²) in [6.45, 7) is 0. The van der Waals surface area contributed by atoms with E-state index in [9.17, 15) is 9.90 Å². The monoisotopic (exact) mass is 442 g/mol. The minimum atomic E-state index is -0.745. The average Bonchev–Trinajstić information content (AvgIpc) is 3.57. The lowest BCUT2D eigenvalue weighted by Gasteiger charge is -2.34. The number of hydrogen-bond donors (Lipinski definition) is 1. The number of halogens is 1. The molecule has 2 saturated carbocycles. The average molecular weight is 442 g/mol. The fourth-order valence-electron chi connectivity index (χ4n) is 4.79. The van der Waals surface area contributed by atoms with Gasteiger partial charge >= 0.3 is 5.97 Å². The molecule has 3 atom stereocenters. The summed E-state index contributed by atoms with van der Waals surface area (Å²) in [6.07, 6.45) is 4.04. The first-order chi connectivity index (χ1) is 15.5. The van der Waals surface area contributed by atoms with Gasteiger partial charge in [-0.2, -0.15) is 0 Å². The fraction of sp³-hybridized carbons (Fsp3) is 0.480. The molecule has 2 fully saturated rings. The lowest BCUT2D eigenvalue weighted by Crippen LogP contribution is -2.38. The molecule has 32 heavy (non-hydrogen) atoms. The van der Waals surface area contributed by atoms with Crippen LogP contribution in [0.2, 0.25) is 0 Å². The number of carboxylic acid groups (broad SMARTS) is 1. The van der Waals surface area contributed by atoms with Crippen LogP contribution < -0.4 is 14.2 Å². The zero-order valence-electron chi connectivity index (χ0n) is 18.2. The molecule has 2 aliphatic carbocycles. The predicted octanol–water partition coefficient (Wildman–Crippen LogP) is 4.47. The highest BCUT2D eigenvalue weighted by Crippen LogP contribution is 2.47. The zero-order valence-corrected chi connectivity index (χ0v) is 18.2. The third-order valence-electron chi connectivity index (χ3n) is 6.90. The third kappa shape index (κ3) is 3.90. The molecule has 2 aromatic rings. The van der Waals surface area contributed by atoms with E-state index in [1.165, 1.54) is 7.11 Å². The lowest BCUT2D eigenvalue weighted by atomic mass is 9.92. The Hall–Kier alpha value is -2.80. The Labute approximate surface area is 186 Å². The number of fused-ring (bicyclic) bond motifs is 1. The van der Waals surface area contributed by atoms with Gasteiger partial charge in [0.1, 0.15) is 23.7 Å². The van der Waals surface area contributed by atoms with Gasteiger partial charge in [0.15, 0.2) is 11.6 Å². The van der Waals surface area contributed by atoms with Gasteiger partial charge in [0.2, 0.25) is 0 Å². The Kier molecular flexibility index (Phi) is 5.45. The first kappa shape index (κ1) is 21.1. The van der Waals surface area contributed by atoms with E-state index in [0.717, 1.165) is 42.6 Å². The molecule has 170 valence electrons. The molecule has 0 bridgehead atoms. The molecule has 0 unspecified atom stereocenters. The van der Waals surface area contributed by atoms with Crippen LogP contribution in [0.4, 0.5) is 4.39 Å². The highest BCUT2D eigenvalue weighted by molar-refractivity contribution is 5.74. The maximum absolute atomic E-state index is 15.1. The van der Waals surface area contributed by atoms with Crippen molar-refractivity contribution >= 4 is 5.97 Å². The van der Waals surface area contributed by atoms with E-state index in [-0.39, 0.29) is 35.9 Å². The molecule has 1 heterocycles. The summed E-state index contributed by atoms with van der Waals surface area (Å²) in [5.74, 6) is 0.0785. The number of hydrogen-bond acceptors (Lipinski definition) is 5. The van der Waals surface area contributed by atoms with Crippen LogP contribution in [0.25, 0.3) is 11.1 Å². The maximum Gasteiger partial charge on any atom is 0.306 e. The normalized spacial score (nSPS) is 28.2. The zero-order chi connectivity index (χ0) is 22.4. The number of carbonyl (C=O) groups is 1. The van der Waals surface area contributed by atoms with E-state index < -0.39 is 11.8 Å². The lowest BCUT2D eigenvalue weighted by molar-refractivity contribution is -0.139. The second-order valence-corrected chi connectivity index (χ2v) is 8.92. The standard InChI is InChI=1S/C25H27FO6/c1-29-15-8-16(9-15)31-17-10-18(24(26)23(11-17)30-2)13-3-5-21-14(7-13)4-6-22(32-21)19-12-20(19)25(27)28/h3,5,7,10-11,15-16,19-20,22H,4,6,8-9,12H2,1-2H3,(H,27,28)/t15?,16?,19-,20-,22-/m1/s1. The van der Waals surface area contributed by atoms with Crippen molar-refractivity contribution in [3.63, 3.8) is 0 Å². The SMILES string of the molecule is COc1cc(OC2CC(OC)C2)cc(-c2ccc3c(c2)CC[C@H]([C@@H]2C[C@H]2C(=O)O)O3)c1F. The summed E-state index contributed by atoms with van der Waals surface area (Å²) < 4.78 is 37.8. The van der Waals surface area contributed by atoms with Gasteiger partial charge in [-0.15, -0.1) is 0 Å². The summed E-state index contributed by atoms with van der Waals surface area (Å²) in [7, 11) is 3.14. The summed E-state index contributed by atoms with van der Waals surface area (Å²) in [6, 6.07) is 8.92. The molecule has 6 nitrogen and oxygen atoms in total. The van der Waals surface area contributed by atoms with Crippen molar-refractivity contribution in [2.24, 2.45) is 11.8 Å². The van der Waals surface area contributed by atoms with E-state index in [1.807, 2.05) is 18.2 Å². The maximum atomic E-state index is 15.1. The highest BCUT2D eigenvalue weighted by atomic mass is 19.1. The van der Waals surface area contributed by atoms with E-state index in [1.54, 1.807) is 19.2 Å². The number of carboxylic acids is 1. The van der Waals surface area contributed by atoms with Crippen molar-refractivity contribution in [1.29, 1.82) is 0 Å². The van der Waals surface area contributed by atoms with Gasteiger partial charge in [-0.05, 0) is 48.6 Å². The van der Waals surface area contributed by atoms with Gasteiger partial charge in [-0.25, -0.2) is 4.39 Å². The van der Waals surface area contributed by atoms with E-state index >= 15 is 4.39 Å². The van der Waals surface area contributed by atoms with E-state index in [4.69, 9.17) is 18.9 Å². The molecule has 0 radical (unpaired) electrons. The number of aryl methyl sites for hydroxylation is 1. The first-order valence-corrected chi connectivity index (χ1v) is 11.1. The van der Waals surface area contributed by atoms with Gasteiger partial charge in [0.05, 0.1) is 19.1 Å². The topological polar surface area (TPSA) is 74.2 Å². The third-order valence-corrected chi connectivity index (χ3v) is 6.90. The number of benzene rings is 2. The van der Waals surface area contributed by atoms with Crippen molar-refractivity contribution in [1.82, 2.24) is 0 Å². The molecule has 0 amide bonds. The van der Waals surface area contributed by atoms with Crippen LogP contribution in [0.3, 0.4) is 0 Å². The molecular weight excluding hydrogens is 415 g/mol. The molecule has 3 aliphatic rings. The van der Waals surface area contributed by atoms with Gasteiger partial charge in [0.25, 0.3) is 0 Å². The van der Waals surface area contributed by atoms with Gasteiger partial charge in [0, 0.05) is 37.5 Å². The second kappa shape index (κ2) is 8.28. The second-order valence-electron chi connectivity index (χ2n) is 8.92. The highest BCUT2D eigenvalue weighted by Gasteiger charge is 2.49. The number of methoxy groups -OCH3 is 2. The summed E-state index contributed by atoms with van der Waals surface area (Å²) in [4.78, 5) is 11.2. The van der Waals surface area contributed by atoms with Gasteiger partial charge < -0.3 is 24.1 Å². The molecule has 1 N–H and O–H groups in total. The van der Waals surface area contributed by atoms with Gasteiger partial charge in [-0.1, -0.05) is 6.07 Å². The molecular formula is C25H27FO6. The van der Waals surface area contributed by atoms with E-state index in [2.05, 4.69) is 0 Å². The summed E-state index contributed by atoms with van der Waals surface area (Å²) >= 11 is 0. The van der Waals surface area contributed by atoms with Crippen LogP contribution in [-0.4, -0.2) is 43.6 Å². The predicted molar refractivity (Wildman–Crippen MR) is 115 cm³/mol. The Morgan fingerprint density at radius 3 is 2.62 bits per heavy atom. The number of rotatable bonds is 7. The van der Waals surface area contributed by atoms with Crippen molar-refractivity contribution < 1.29 is 33.2 Å². The molecule has 0 saturated heterocycles. The molecule has 2 aromatic carbocycles. The first-order valence-electron chi connectivity index (χ1n) is 11.1. The fourth-order valence-corrected chi connectivity index (χ4v) is 4.79. The van der Waals surface area contributed by atoms with Crippen molar-refractivity contribution in [2.75, 3.05) is 14.2 Å². The van der Waals surface area contributed by atoms with Crippen LogP contribution in [0.5, 0.6) is 17.2 Å². The molecule has 0 spiro atoms. The van der Waals surface area contributed by atoms with Crippen LogP contribution in [0.15, 0.2) is 30.3 Å². The summed E-state index contributed by atoms with van der Waals surface area (Å²) in [5.41, 5.74) is 2.14.